The number of Topliss-reactive ketones (excluding diaryl/α,β-unsaturated/α-hetero) is 1. The zero-order valence-corrected chi connectivity index (χ0v) is 9.05. The summed E-state index contributed by atoms with van der Waals surface area (Å²) >= 11 is 0. The zero-order chi connectivity index (χ0) is 10.6. The van der Waals surface area contributed by atoms with E-state index in [1.54, 1.807) is 7.05 Å². The van der Waals surface area contributed by atoms with Crippen LogP contribution < -0.4 is 5.32 Å². The monoisotopic (exact) mass is 191 g/mol. The highest BCUT2D eigenvalue weighted by atomic mass is 16.1. The molecule has 0 saturated heterocycles. The van der Waals surface area contributed by atoms with Crippen LogP contribution in [0, 0.1) is 6.92 Å². The number of carbonyl (C=O) groups is 1. The highest BCUT2D eigenvalue weighted by molar-refractivity contribution is 5.97. The van der Waals surface area contributed by atoms with Crippen LogP contribution in [0.1, 0.15) is 28.4 Å². The number of hydrogen-bond acceptors (Lipinski definition) is 2. The maximum atomic E-state index is 11.5. The van der Waals surface area contributed by atoms with Gasteiger partial charge in [0.15, 0.2) is 5.78 Å². The largest absolute Gasteiger partial charge is 0.313 e. The number of aryl methyl sites for hydroxylation is 2. The molecule has 0 aliphatic carbocycles. The minimum atomic E-state index is 0.151. The number of ketones is 1. The highest BCUT2D eigenvalue weighted by Crippen LogP contribution is 2.11. The molecule has 2 heteroatoms. The van der Waals surface area contributed by atoms with Crippen molar-refractivity contribution in [1.82, 2.24) is 5.32 Å². The molecule has 0 spiro atoms. The van der Waals surface area contributed by atoms with Crippen molar-refractivity contribution < 1.29 is 4.79 Å². The van der Waals surface area contributed by atoms with Crippen LogP contribution in [0.2, 0.25) is 0 Å². The molecule has 0 radical (unpaired) electrons. The molecule has 1 N–H and O–H groups in total. The molecule has 1 aromatic carbocycles. The number of nitrogens with one attached hydrogen (secondary N) is 1. The van der Waals surface area contributed by atoms with Crippen molar-refractivity contribution in [3.05, 3.63) is 34.9 Å². The third kappa shape index (κ3) is 2.42. The molecule has 14 heavy (non-hydrogen) atoms. The van der Waals surface area contributed by atoms with Gasteiger partial charge >= 0.3 is 0 Å². The minimum absolute atomic E-state index is 0.151. The number of carbonyl (C=O) groups excluding carboxylic acids is 1. The van der Waals surface area contributed by atoms with E-state index in [1.165, 1.54) is 11.1 Å². The van der Waals surface area contributed by atoms with E-state index >= 15 is 0 Å². The van der Waals surface area contributed by atoms with Gasteiger partial charge in [-0.1, -0.05) is 19.1 Å². The normalized spacial score (nSPS) is 10.2. The van der Waals surface area contributed by atoms with E-state index in [-0.39, 0.29) is 5.78 Å². The Hall–Kier alpha value is -1.15. The summed E-state index contributed by atoms with van der Waals surface area (Å²) in [6, 6.07) is 5.92. The Morgan fingerprint density at radius 2 is 2.14 bits per heavy atom. The Labute approximate surface area is 85.3 Å². The molecule has 0 aliphatic heterocycles. The van der Waals surface area contributed by atoms with Crippen molar-refractivity contribution in [1.29, 1.82) is 0 Å². The standard InChI is InChI=1S/C12H17NO/c1-4-10-5-6-11(7-9(10)2)12(14)8-13-3/h5-7,13H,4,8H2,1-3H3. The Kier molecular flexibility index (Phi) is 3.84. The summed E-state index contributed by atoms with van der Waals surface area (Å²) in [5.74, 6) is 0.151. The maximum Gasteiger partial charge on any atom is 0.176 e. The van der Waals surface area contributed by atoms with E-state index in [9.17, 15) is 4.79 Å². The molecular weight excluding hydrogens is 174 g/mol. The summed E-state index contributed by atoms with van der Waals surface area (Å²) in [6.07, 6.45) is 1.02. The van der Waals surface area contributed by atoms with Crippen LogP contribution in [-0.4, -0.2) is 19.4 Å². The summed E-state index contributed by atoms with van der Waals surface area (Å²) < 4.78 is 0. The van der Waals surface area contributed by atoms with Crippen LogP contribution in [0.5, 0.6) is 0 Å². The fourth-order valence-corrected chi connectivity index (χ4v) is 1.53. The molecule has 0 aromatic heterocycles. The van der Waals surface area contributed by atoms with Gasteiger partial charge in [0.2, 0.25) is 0 Å². The van der Waals surface area contributed by atoms with Crippen LogP contribution in [0.15, 0.2) is 18.2 Å². The van der Waals surface area contributed by atoms with Gasteiger partial charge in [0.05, 0.1) is 6.54 Å². The van der Waals surface area contributed by atoms with E-state index in [1.807, 2.05) is 18.2 Å². The second-order valence-corrected chi connectivity index (χ2v) is 3.45. The number of rotatable bonds is 4. The highest BCUT2D eigenvalue weighted by Gasteiger charge is 2.05. The van der Waals surface area contributed by atoms with E-state index < -0.39 is 0 Å². The van der Waals surface area contributed by atoms with Crippen molar-refractivity contribution in [2.24, 2.45) is 0 Å². The number of hydrogen-bond donors (Lipinski definition) is 1. The van der Waals surface area contributed by atoms with Crippen molar-refractivity contribution in [3.8, 4) is 0 Å². The first-order valence-electron chi connectivity index (χ1n) is 4.96. The predicted molar refractivity (Wildman–Crippen MR) is 58.8 cm³/mol. The van der Waals surface area contributed by atoms with Crippen LogP contribution in [0.25, 0.3) is 0 Å². The predicted octanol–water partition coefficient (Wildman–Crippen LogP) is 1.96. The SMILES string of the molecule is CCc1ccc(C(=O)CNC)cc1C. The molecule has 0 heterocycles. The average Bonchev–Trinajstić information content (AvgIpc) is 2.18. The third-order valence-corrected chi connectivity index (χ3v) is 2.38. The quantitative estimate of drug-likeness (QED) is 0.737. The summed E-state index contributed by atoms with van der Waals surface area (Å²) in [4.78, 5) is 11.5. The molecule has 1 aromatic rings. The summed E-state index contributed by atoms with van der Waals surface area (Å²) in [7, 11) is 1.78. The van der Waals surface area contributed by atoms with Gasteiger partial charge in [-0.3, -0.25) is 4.79 Å². The Balaban J connectivity index is 2.91. The maximum absolute atomic E-state index is 11.5. The molecule has 0 amide bonds. The summed E-state index contributed by atoms with van der Waals surface area (Å²) in [6.45, 7) is 4.58. The second-order valence-electron chi connectivity index (χ2n) is 3.45. The van der Waals surface area contributed by atoms with Crippen molar-refractivity contribution in [3.63, 3.8) is 0 Å². The molecule has 0 bridgehead atoms. The topological polar surface area (TPSA) is 29.1 Å². The Morgan fingerprint density at radius 3 is 2.64 bits per heavy atom. The van der Waals surface area contributed by atoms with E-state index in [4.69, 9.17) is 0 Å². The van der Waals surface area contributed by atoms with Gasteiger partial charge in [0.25, 0.3) is 0 Å². The smallest absolute Gasteiger partial charge is 0.176 e. The van der Waals surface area contributed by atoms with E-state index in [2.05, 4.69) is 19.2 Å². The molecular formula is C12H17NO. The molecule has 0 atom stereocenters. The lowest BCUT2D eigenvalue weighted by Crippen LogP contribution is -2.18. The first kappa shape index (κ1) is 10.9. The molecule has 0 aliphatic rings. The Morgan fingerprint density at radius 1 is 1.43 bits per heavy atom. The zero-order valence-electron chi connectivity index (χ0n) is 9.05. The molecule has 0 saturated carbocycles. The lowest BCUT2D eigenvalue weighted by molar-refractivity contribution is 0.0993. The Bertz CT molecular complexity index is 331. The molecule has 76 valence electrons. The number of likely N-dealkylation sites (N-methyl/N-ethyl adjacent to an activating group) is 1. The molecule has 0 fully saturated rings. The van der Waals surface area contributed by atoms with Crippen molar-refractivity contribution >= 4 is 5.78 Å². The number of benzene rings is 1. The third-order valence-electron chi connectivity index (χ3n) is 2.38. The van der Waals surface area contributed by atoms with Gasteiger partial charge in [0.1, 0.15) is 0 Å². The fourth-order valence-electron chi connectivity index (χ4n) is 1.53. The van der Waals surface area contributed by atoms with Crippen molar-refractivity contribution in [2.45, 2.75) is 20.3 Å². The van der Waals surface area contributed by atoms with Gasteiger partial charge in [-0.2, -0.15) is 0 Å². The lowest BCUT2D eigenvalue weighted by atomic mass is 10.0. The lowest BCUT2D eigenvalue weighted by Gasteiger charge is -2.05. The first-order chi connectivity index (χ1) is 6.69. The minimum Gasteiger partial charge on any atom is -0.313 e. The van der Waals surface area contributed by atoms with Gasteiger partial charge < -0.3 is 5.32 Å². The van der Waals surface area contributed by atoms with Crippen LogP contribution >= 0.6 is 0 Å². The van der Waals surface area contributed by atoms with Crippen molar-refractivity contribution in [2.75, 3.05) is 13.6 Å². The van der Waals surface area contributed by atoms with E-state index in [0.29, 0.717) is 6.54 Å². The fraction of sp³-hybridized carbons (Fsp3) is 0.417. The molecule has 2 nitrogen and oxygen atoms in total. The van der Waals surface area contributed by atoms with Gasteiger partial charge in [-0.15, -0.1) is 0 Å². The molecule has 0 unspecified atom stereocenters. The van der Waals surface area contributed by atoms with Gasteiger partial charge in [-0.05, 0) is 37.6 Å². The second kappa shape index (κ2) is 4.91. The van der Waals surface area contributed by atoms with Gasteiger partial charge in [0, 0.05) is 5.56 Å². The van der Waals surface area contributed by atoms with Crippen LogP contribution in [-0.2, 0) is 6.42 Å². The van der Waals surface area contributed by atoms with E-state index in [0.717, 1.165) is 12.0 Å². The summed E-state index contributed by atoms with van der Waals surface area (Å²) in [5.41, 5.74) is 3.31. The van der Waals surface area contributed by atoms with Crippen LogP contribution in [0.3, 0.4) is 0 Å². The van der Waals surface area contributed by atoms with Gasteiger partial charge in [-0.25, -0.2) is 0 Å². The average molecular weight is 191 g/mol. The first-order valence-corrected chi connectivity index (χ1v) is 4.96. The summed E-state index contributed by atoms with van der Waals surface area (Å²) in [5, 5.41) is 2.86. The van der Waals surface area contributed by atoms with Crippen LogP contribution in [0.4, 0.5) is 0 Å². The molecule has 1 rings (SSSR count).